The van der Waals surface area contributed by atoms with E-state index in [0.29, 0.717) is 5.02 Å². The van der Waals surface area contributed by atoms with E-state index in [2.05, 4.69) is 57.8 Å². The van der Waals surface area contributed by atoms with E-state index >= 15 is 0 Å². The Hall–Kier alpha value is -1.82. The van der Waals surface area contributed by atoms with Crippen LogP contribution >= 0.6 is 43.5 Å². The third kappa shape index (κ3) is 5.26. The van der Waals surface area contributed by atoms with E-state index in [-0.39, 0.29) is 0 Å². The number of benzene rings is 2. The maximum absolute atomic E-state index is 6.12. The average Bonchev–Trinajstić information content (AvgIpc) is 2.67. The average molecular weight is 548 g/mol. The van der Waals surface area contributed by atoms with Gasteiger partial charge in [-0.05, 0) is 114 Å². The molecule has 0 amide bonds. The Labute approximate surface area is 199 Å². The topological polar surface area (TPSA) is 37.6 Å². The van der Waals surface area contributed by atoms with E-state index in [0.717, 1.165) is 54.3 Å². The van der Waals surface area contributed by atoms with Crippen molar-refractivity contribution in [3.05, 3.63) is 84.5 Å². The van der Waals surface area contributed by atoms with Gasteiger partial charge in [-0.1, -0.05) is 23.7 Å². The molecule has 0 N–H and O–H groups in total. The molecule has 0 unspecified atom stereocenters. The first-order valence-electron chi connectivity index (χ1n) is 9.46. The SMILES string of the molecule is C/C(=N\c1c(C)cc(C)cc1Br)c1cccc(/C(C)=N/c2c(C)cc(Cl)cc2Br)n1. The molecule has 0 saturated heterocycles. The third-order valence-corrected chi connectivity index (χ3v) is 6.09. The van der Waals surface area contributed by atoms with Gasteiger partial charge in [0.15, 0.2) is 0 Å². The monoisotopic (exact) mass is 545 g/mol. The Morgan fingerprint density at radius 3 is 1.80 bits per heavy atom. The Morgan fingerprint density at radius 1 is 0.800 bits per heavy atom. The summed E-state index contributed by atoms with van der Waals surface area (Å²) in [5.41, 5.74) is 8.41. The fraction of sp³-hybridized carbons (Fsp3) is 0.208. The van der Waals surface area contributed by atoms with Crippen LogP contribution in [0.5, 0.6) is 0 Å². The van der Waals surface area contributed by atoms with Crippen molar-refractivity contribution in [3.8, 4) is 0 Å². The summed E-state index contributed by atoms with van der Waals surface area (Å²) in [6, 6.07) is 13.9. The van der Waals surface area contributed by atoms with E-state index in [1.54, 1.807) is 0 Å². The standard InChI is InChI=1S/C24H22Br2ClN3/c1-13-9-14(2)23(19(25)10-13)28-16(4)21-7-6-8-22(30-21)17(5)29-24-15(3)11-18(27)12-20(24)26/h6-12H,1-5H3/b28-16+,29-17+. The van der Waals surface area contributed by atoms with Crippen molar-refractivity contribution in [1.29, 1.82) is 0 Å². The molecule has 1 aromatic heterocycles. The highest BCUT2D eigenvalue weighted by atomic mass is 79.9. The van der Waals surface area contributed by atoms with Crippen LogP contribution in [0.2, 0.25) is 5.02 Å². The smallest absolute Gasteiger partial charge is 0.0849 e. The van der Waals surface area contributed by atoms with Gasteiger partial charge in [-0.3, -0.25) is 9.98 Å². The predicted octanol–water partition coefficient (Wildman–Crippen LogP) is 8.47. The van der Waals surface area contributed by atoms with E-state index < -0.39 is 0 Å². The van der Waals surface area contributed by atoms with Gasteiger partial charge >= 0.3 is 0 Å². The number of rotatable bonds is 4. The Kier molecular flexibility index (Phi) is 7.27. The number of aromatic nitrogens is 1. The lowest BCUT2D eigenvalue weighted by atomic mass is 10.1. The van der Waals surface area contributed by atoms with Gasteiger partial charge in [0.05, 0.1) is 34.2 Å². The van der Waals surface area contributed by atoms with Crippen molar-refractivity contribution in [3.63, 3.8) is 0 Å². The zero-order chi connectivity index (χ0) is 22.0. The van der Waals surface area contributed by atoms with Crippen LogP contribution in [0.3, 0.4) is 0 Å². The summed E-state index contributed by atoms with van der Waals surface area (Å²) in [6.45, 7) is 10.1. The molecule has 1 heterocycles. The summed E-state index contributed by atoms with van der Waals surface area (Å²) in [7, 11) is 0. The summed E-state index contributed by atoms with van der Waals surface area (Å²) in [6.07, 6.45) is 0. The lowest BCUT2D eigenvalue weighted by molar-refractivity contribution is 1.23. The first kappa shape index (κ1) is 22.9. The molecule has 0 saturated carbocycles. The number of aliphatic imine (C=N–C) groups is 2. The molecule has 3 aromatic rings. The van der Waals surface area contributed by atoms with Crippen LogP contribution in [-0.4, -0.2) is 16.4 Å². The lowest BCUT2D eigenvalue weighted by Crippen LogP contribution is -2.05. The second kappa shape index (κ2) is 9.54. The van der Waals surface area contributed by atoms with Crippen LogP contribution in [0.15, 0.2) is 61.4 Å². The molecule has 3 nitrogen and oxygen atoms in total. The highest BCUT2D eigenvalue weighted by Gasteiger charge is 2.10. The zero-order valence-electron chi connectivity index (χ0n) is 17.5. The molecule has 3 rings (SSSR count). The minimum Gasteiger partial charge on any atom is -0.250 e. The molecule has 0 radical (unpaired) electrons. The quantitative estimate of drug-likeness (QED) is 0.302. The van der Waals surface area contributed by atoms with E-state index in [4.69, 9.17) is 26.6 Å². The summed E-state index contributed by atoms with van der Waals surface area (Å²) >= 11 is 13.3. The van der Waals surface area contributed by atoms with E-state index in [9.17, 15) is 0 Å². The van der Waals surface area contributed by atoms with Crippen molar-refractivity contribution in [2.45, 2.75) is 34.6 Å². The molecule has 0 atom stereocenters. The normalized spacial score (nSPS) is 12.4. The molecule has 0 bridgehead atoms. The summed E-state index contributed by atoms with van der Waals surface area (Å²) in [5, 5.41) is 0.681. The van der Waals surface area contributed by atoms with Gasteiger partial charge < -0.3 is 0 Å². The summed E-state index contributed by atoms with van der Waals surface area (Å²) < 4.78 is 1.84. The molecule has 0 aliphatic rings. The first-order chi connectivity index (χ1) is 14.2. The number of pyridine rings is 1. The van der Waals surface area contributed by atoms with Crippen LogP contribution in [0, 0.1) is 20.8 Å². The lowest BCUT2D eigenvalue weighted by Gasteiger charge is -2.09. The zero-order valence-corrected chi connectivity index (χ0v) is 21.4. The van der Waals surface area contributed by atoms with Crippen molar-refractivity contribution in [2.75, 3.05) is 0 Å². The summed E-state index contributed by atoms with van der Waals surface area (Å²) in [5.74, 6) is 0. The van der Waals surface area contributed by atoms with Crippen molar-refractivity contribution < 1.29 is 0 Å². The predicted molar refractivity (Wildman–Crippen MR) is 135 cm³/mol. The van der Waals surface area contributed by atoms with Gasteiger partial charge in [0.1, 0.15) is 0 Å². The van der Waals surface area contributed by atoms with Gasteiger partial charge in [0.2, 0.25) is 0 Å². The largest absolute Gasteiger partial charge is 0.250 e. The molecule has 0 aliphatic carbocycles. The molecular weight excluding hydrogens is 526 g/mol. The molecular formula is C24H22Br2ClN3. The number of aryl methyl sites for hydroxylation is 3. The third-order valence-electron chi connectivity index (χ3n) is 4.67. The first-order valence-corrected chi connectivity index (χ1v) is 11.4. The van der Waals surface area contributed by atoms with Gasteiger partial charge in [-0.2, -0.15) is 0 Å². The van der Waals surface area contributed by atoms with Crippen LogP contribution in [0.25, 0.3) is 0 Å². The fourth-order valence-corrected chi connectivity index (χ4v) is 4.99. The number of halogens is 3. The second-order valence-electron chi connectivity index (χ2n) is 7.27. The molecule has 0 spiro atoms. The molecule has 6 heteroatoms. The number of nitrogens with zero attached hydrogens (tertiary/aromatic N) is 3. The van der Waals surface area contributed by atoms with Crippen LogP contribution in [0.1, 0.15) is 41.9 Å². The van der Waals surface area contributed by atoms with Crippen molar-refractivity contribution >= 4 is 66.3 Å². The number of hydrogen-bond acceptors (Lipinski definition) is 3. The van der Waals surface area contributed by atoms with E-state index in [1.165, 1.54) is 5.56 Å². The van der Waals surface area contributed by atoms with Gasteiger partial charge in [-0.25, -0.2) is 4.98 Å². The van der Waals surface area contributed by atoms with E-state index in [1.807, 2.05) is 51.1 Å². The minimum absolute atomic E-state index is 0.681. The molecule has 154 valence electrons. The van der Waals surface area contributed by atoms with Crippen LogP contribution in [-0.2, 0) is 0 Å². The molecule has 2 aromatic carbocycles. The fourth-order valence-electron chi connectivity index (χ4n) is 3.17. The summed E-state index contributed by atoms with van der Waals surface area (Å²) in [4.78, 5) is 14.4. The minimum atomic E-state index is 0.681. The van der Waals surface area contributed by atoms with Gasteiger partial charge in [0, 0.05) is 14.0 Å². The van der Waals surface area contributed by atoms with Crippen LogP contribution in [0.4, 0.5) is 11.4 Å². The highest BCUT2D eigenvalue weighted by Crippen LogP contribution is 2.33. The van der Waals surface area contributed by atoms with Crippen molar-refractivity contribution in [1.82, 2.24) is 4.98 Å². The van der Waals surface area contributed by atoms with Gasteiger partial charge in [0.25, 0.3) is 0 Å². The Morgan fingerprint density at radius 2 is 1.30 bits per heavy atom. The maximum atomic E-state index is 6.12. The Balaban J connectivity index is 1.99. The van der Waals surface area contributed by atoms with Gasteiger partial charge in [-0.15, -0.1) is 0 Å². The maximum Gasteiger partial charge on any atom is 0.0849 e. The second-order valence-corrected chi connectivity index (χ2v) is 9.41. The molecule has 30 heavy (non-hydrogen) atoms. The molecule has 0 fully saturated rings. The number of hydrogen-bond donors (Lipinski definition) is 0. The van der Waals surface area contributed by atoms with Crippen molar-refractivity contribution in [2.24, 2.45) is 9.98 Å². The molecule has 0 aliphatic heterocycles. The highest BCUT2D eigenvalue weighted by molar-refractivity contribution is 9.11. The Bertz CT molecular complexity index is 1050. The van der Waals surface area contributed by atoms with Crippen LogP contribution < -0.4 is 0 Å².